The number of hydrogen-bond acceptors (Lipinski definition) is 5. The molecule has 3 aromatic rings. The van der Waals surface area contributed by atoms with Crippen molar-refractivity contribution < 1.29 is 13.9 Å². The number of oxazole rings is 1. The van der Waals surface area contributed by atoms with Gasteiger partial charge < -0.3 is 18.6 Å². The van der Waals surface area contributed by atoms with Gasteiger partial charge in [0.2, 0.25) is 0 Å². The van der Waals surface area contributed by atoms with Crippen molar-refractivity contribution in [2.75, 3.05) is 19.8 Å². The Morgan fingerprint density at radius 2 is 2.30 bits per heavy atom. The van der Waals surface area contributed by atoms with Gasteiger partial charge in [-0.2, -0.15) is 5.10 Å². The topological polar surface area (TPSA) is 78.3 Å². The van der Waals surface area contributed by atoms with Gasteiger partial charge in [-0.25, -0.2) is 4.98 Å². The maximum absolute atomic E-state index is 12.9. The zero-order chi connectivity index (χ0) is 18.8. The van der Waals surface area contributed by atoms with E-state index in [0.29, 0.717) is 44.2 Å². The van der Waals surface area contributed by atoms with Crippen LogP contribution in [0.1, 0.15) is 28.7 Å². The van der Waals surface area contributed by atoms with Crippen LogP contribution in [0.2, 0.25) is 0 Å². The summed E-state index contributed by atoms with van der Waals surface area (Å²) in [4.78, 5) is 19.1. The quantitative estimate of drug-likeness (QED) is 0.622. The Hall–Kier alpha value is -2.87. The first-order chi connectivity index (χ1) is 13.2. The van der Waals surface area contributed by atoms with Crippen LogP contribution in [0.15, 0.2) is 35.4 Å². The maximum atomic E-state index is 12.9. The molecule has 1 amide bonds. The summed E-state index contributed by atoms with van der Waals surface area (Å²) < 4.78 is 14.5. The van der Waals surface area contributed by atoms with Crippen LogP contribution in [0.4, 0.5) is 0 Å². The zero-order valence-corrected chi connectivity index (χ0v) is 15.6. The lowest BCUT2D eigenvalue weighted by molar-refractivity contribution is 0.0722. The molecule has 4 rings (SSSR count). The molecule has 0 aliphatic carbocycles. The van der Waals surface area contributed by atoms with E-state index < -0.39 is 0 Å². The van der Waals surface area contributed by atoms with E-state index in [1.54, 1.807) is 6.26 Å². The third-order valence-electron chi connectivity index (χ3n) is 4.91. The molecule has 142 valence electrons. The smallest absolute Gasteiger partial charge is 0.270 e. The van der Waals surface area contributed by atoms with Crippen molar-refractivity contribution in [3.05, 3.63) is 47.9 Å². The molecule has 1 aliphatic rings. The van der Waals surface area contributed by atoms with Gasteiger partial charge in [0.15, 0.2) is 6.39 Å². The monoisotopic (exact) mass is 369 g/mol. The second-order valence-electron chi connectivity index (χ2n) is 6.55. The number of carbonyl (C=O) groups is 1. The second kappa shape index (κ2) is 7.40. The molecule has 0 N–H and O–H groups in total. The highest BCUT2D eigenvalue weighted by molar-refractivity contribution is 5.93. The largest absolute Gasteiger partial charge is 0.451 e. The summed E-state index contributed by atoms with van der Waals surface area (Å²) in [6.07, 6.45) is 5.63. The van der Waals surface area contributed by atoms with Crippen molar-refractivity contribution in [2.24, 2.45) is 7.05 Å². The van der Waals surface area contributed by atoms with Crippen LogP contribution in [-0.4, -0.2) is 49.9 Å². The van der Waals surface area contributed by atoms with Gasteiger partial charge in [0.1, 0.15) is 23.3 Å². The number of aryl methyl sites for hydroxylation is 1. The first-order valence-corrected chi connectivity index (χ1v) is 9.14. The predicted octanol–water partition coefficient (Wildman–Crippen LogP) is 2.11. The number of carbonyl (C=O) groups excluding carboxylic acids is 1. The van der Waals surface area contributed by atoms with E-state index in [9.17, 15) is 4.79 Å². The van der Waals surface area contributed by atoms with Crippen LogP contribution >= 0.6 is 0 Å². The summed E-state index contributed by atoms with van der Waals surface area (Å²) in [5.74, 6) is 0.0290. The summed E-state index contributed by atoms with van der Waals surface area (Å²) in [5.41, 5.74) is 4.33. The Bertz CT molecular complexity index is 925. The lowest BCUT2D eigenvalue weighted by atomic mass is 10.0. The molecule has 0 spiro atoms. The molecule has 0 bridgehead atoms. The minimum atomic E-state index is 0.0290. The summed E-state index contributed by atoms with van der Waals surface area (Å²) in [5, 5.41) is 4.75. The maximum Gasteiger partial charge on any atom is 0.270 e. The number of fused-ring (bicyclic) bond motifs is 1. The van der Waals surface area contributed by atoms with Crippen molar-refractivity contribution in [3.63, 3.8) is 0 Å². The Labute approximate surface area is 157 Å². The van der Waals surface area contributed by atoms with Crippen molar-refractivity contribution in [1.82, 2.24) is 24.2 Å². The lowest BCUT2D eigenvalue weighted by Crippen LogP contribution is -2.37. The van der Waals surface area contributed by atoms with Crippen molar-refractivity contribution in [3.8, 4) is 11.4 Å². The first kappa shape index (κ1) is 17.5. The standard InChI is InChI=1S/C19H23N5O3/c1-3-26-10-9-24-16-6-8-23(19(25)17-5-4-7-22(17)2)11-14(16)18(21-24)15-12-27-13-20-15/h4-5,7,12-13H,3,6,8-11H2,1-2H3. The molecule has 0 saturated carbocycles. The summed E-state index contributed by atoms with van der Waals surface area (Å²) >= 11 is 0. The van der Waals surface area contributed by atoms with Crippen LogP contribution in [0.25, 0.3) is 11.4 Å². The fourth-order valence-corrected chi connectivity index (χ4v) is 3.53. The average molecular weight is 369 g/mol. The zero-order valence-electron chi connectivity index (χ0n) is 15.6. The molecular weight excluding hydrogens is 346 g/mol. The van der Waals surface area contributed by atoms with Gasteiger partial charge in [-0.05, 0) is 19.1 Å². The Morgan fingerprint density at radius 3 is 3.00 bits per heavy atom. The van der Waals surface area contributed by atoms with Crippen LogP contribution in [0, 0.1) is 0 Å². The number of rotatable bonds is 6. The molecule has 1 aliphatic heterocycles. The van der Waals surface area contributed by atoms with E-state index in [-0.39, 0.29) is 5.91 Å². The SMILES string of the molecule is CCOCCn1nc(-c2cocn2)c2c1CCN(C(=O)c1cccn1C)C2. The highest BCUT2D eigenvalue weighted by atomic mass is 16.5. The molecular formula is C19H23N5O3. The number of aromatic nitrogens is 4. The van der Waals surface area contributed by atoms with Crippen LogP contribution < -0.4 is 0 Å². The number of ether oxygens (including phenoxy) is 1. The van der Waals surface area contributed by atoms with Gasteiger partial charge in [0, 0.05) is 44.1 Å². The highest BCUT2D eigenvalue weighted by Gasteiger charge is 2.29. The Morgan fingerprint density at radius 1 is 1.41 bits per heavy atom. The van der Waals surface area contributed by atoms with Gasteiger partial charge in [-0.15, -0.1) is 0 Å². The fourth-order valence-electron chi connectivity index (χ4n) is 3.53. The molecule has 0 radical (unpaired) electrons. The summed E-state index contributed by atoms with van der Waals surface area (Å²) in [6, 6.07) is 3.73. The van der Waals surface area contributed by atoms with E-state index in [0.717, 1.165) is 23.4 Å². The molecule has 0 saturated heterocycles. The number of amides is 1. The van der Waals surface area contributed by atoms with Gasteiger partial charge in [0.05, 0.1) is 19.7 Å². The minimum absolute atomic E-state index is 0.0290. The van der Waals surface area contributed by atoms with E-state index in [4.69, 9.17) is 14.3 Å². The molecule has 27 heavy (non-hydrogen) atoms. The normalized spacial score (nSPS) is 13.8. The van der Waals surface area contributed by atoms with Crippen LogP contribution in [-0.2, 0) is 31.3 Å². The molecule has 0 atom stereocenters. The van der Waals surface area contributed by atoms with Gasteiger partial charge in [0.25, 0.3) is 5.91 Å². The third kappa shape index (κ3) is 3.28. The van der Waals surface area contributed by atoms with E-state index in [1.807, 2.05) is 46.4 Å². The highest BCUT2D eigenvalue weighted by Crippen LogP contribution is 2.30. The Kier molecular flexibility index (Phi) is 4.81. The number of nitrogens with zero attached hydrogens (tertiary/aromatic N) is 5. The molecule has 0 unspecified atom stereocenters. The molecule has 4 heterocycles. The second-order valence-corrected chi connectivity index (χ2v) is 6.55. The number of hydrogen-bond donors (Lipinski definition) is 0. The van der Waals surface area contributed by atoms with E-state index >= 15 is 0 Å². The first-order valence-electron chi connectivity index (χ1n) is 9.14. The van der Waals surface area contributed by atoms with Crippen molar-refractivity contribution in [1.29, 1.82) is 0 Å². The summed E-state index contributed by atoms with van der Waals surface area (Å²) in [6.45, 7) is 5.12. The van der Waals surface area contributed by atoms with Gasteiger partial charge >= 0.3 is 0 Å². The Balaban J connectivity index is 1.65. The fraction of sp³-hybridized carbons (Fsp3) is 0.421. The average Bonchev–Trinajstić information content (AvgIpc) is 3.41. The minimum Gasteiger partial charge on any atom is -0.451 e. The van der Waals surface area contributed by atoms with E-state index in [2.05, 4.69) is 4.98 Å². The molecule has 0 fully saturated rings. The molecule has 3 aromatic heterocycles. The van der Waals surface area contributed by atoms with Crippen LogP contribution in [0.3, 0.4) is 0 Å². The van der Waals surface area contributed by atoms with Gasteiger partial charge in [-0.1, -0.05) is 0 Å². The van der Waals surface area contributed by atoms with Crippen molar-refractivity contribution >= 4 is 5.91 Å². The molecule has 8 heteroatoms. The van der Waals surface area contributed by atoms with Crippen molar-refractivity contribution in [2.45, 2.75) is 26.4 Å². The van der Waals surface area contributed by atoms with Gasteiger partial charge in [-0.3, -0.25) is 9.48 Å². The molecule has 0 aromatic carbocycles. The summed E-state index contributed by atoms with van der Waals surface area (Å²) in [7, 11) is 1.88. The third-order valence-corrected chi connectivity index (χ3v) is 4.91. The van der Waals surface area contributed by atoms with E-state index in [1.165, 1.54) is 6.39 Å². The predicted molar refractivity (Wildman–Crippen MR) is 98.1 cm³/mol. The van der Waals surface area contributed by atoms with Crippen LogP contribution in [0.5, 0.6) is 0 Å². The molecule has 8 nitrogen and oxygen atoms in total. The lowest BCUT2D eigenvalue weighted by Gasteiger charge is -2.28.